The summed E-state index contributed by atoms with van der Waals surface area (Å²) in [5.74, 6) is -0.188. The van der Waals surface area contributed by atoms with Crippen LogP contribution in [0, 0.1) is 0 Å². The van der Waals surface area contributed by atoms with Crippen LogP contribution in [0.4, 0.5) is 0 Å². The molecule has 1 aromatic carbocycles. The third-order valence-corrected chi connectivity index (χ3v) is 4.25. The van der Waals surface area contributed by atoms with Crippen molar-refractivity contribution in [3.05, 3.63) is 57.6 Å². The SMILES string of the molecule is O=C(CCNC(=O)c1ccsc1)OCc1nnc(-c2ccc(Cl)cc2)o1. The molecule has 3 aromatic rings. The van der Waals surface area contributed by atoms with Crippen molar-refractivity contribution in [2.24, 2.45) is 0 Å². The number of thiophene rings is 1. The van der Waals surface area contributed by atoms with Gasteiger partial charge in [0, 0.05) is 28.1 Å². The molecule has 0 aliphatic carbocycles. The number of halogens is 1. The van der Waals surface area contributed by atoms with E-state index >= 15 is 0 Å². The molecular formula is C17H14ClN3O4S. The first-order valence-electron chi connectivity index (χ1n) is 7.66. The van der Waals surface area contributed by atoms with Crippen LogP contribution in [0.3, 0.4) is 0 Å². The van der Waals surface area contributed by atoms with Crippen LogP contribution >= 0.6 is 22.9 Å². The standard InChI is InChI=1S/C17H14ClN3O4S/c18-13-3-1-11(2-4-13)17-21-20-14(25-17)9-24-15(22)5-7-19-16(23)12-6-8-26-10-12/h1-4,6,8,10H,5,7,9H2,(H,19,23). The summed E-state index contributed by atoms with van der Waals surface area (Å²) >= 11 is 7.26. The molecule has 134 valence electrons. The highest BCUT2D eigenvalue weighted by atomic mass is 35.5. The predicted molar refractivity (Wildman–Crippen MR) is 95.8 cm³/mol. The van der Waals surface area contributed by atoms with Crippen LogP contribution < -0.4 is 5.32 Å². The topological polar surface area (TPSA) is 94.3 Å². The lowest BCUT2D eigenvalue weighted by molar-refractivity contribution is -0.145. The normalized spacial score (nSPS) is 10.5. The van der Waals surface area contributed by atoms with Gasteiger partial charge in [0.1, 0.15) is 0 Å². The van der Waals surface area contributed by atoms with E-state index in [0.717, 1.165) is 5.56 Å². The van der Waals surface area contributed by atoms with E-state index in [1.54, 1.807) is 35.7 Å². The zero-order valence-electron chi connectivity index (χ0n) is 13.5. The lowest BCUT2D eigenvalue weighted by Gasteiger charge is -2.04. The van der Waals surface area contributed by atoms with Crippen LogP contribution in [-0.2, 0) is 16.1 Å². The van der Waals surface area contributed by atoms with Crippen molar-refractivity contribution in [2.75, 3.05) is 6.54 Å². The maximum atomic E-state index is 11.7. The Balaban J connectivity index is 1.42. The van der Waals surface area contributed by atoms with Crippen LogP contribution in [0.2, 0.25) is 5.02 Å². The van der Waals surface area contributed by atoms with Gasteiger partial charge in [0.25, 0.3) is 11.8 Å². The molecule has 0 saturated heterocycles. The highest BCUT2D eigenvalue weighted by Crippen LogP contribution is 2.20. The Hall–Kier alpha value is -2.71. The summed E-state index contributed by atoms with van der Waals surface area (Å²) in [5, 5.41) is 14.5. The number of nitrogens with zero attached hydrogens (tertiary/aromatic N) is 2. The third-order valence-electron chi connectivity index (χ3n) is 3.31. The van der Waals surface area contributed by atoms with E-state index in [1.807, 2.05) is 5.38 Å². The molecule has 3 rings (SSSR count). The number of hydrogen-bond acceptors (Lipinski definition) is 7. The van der Waals surface area contributed by atoms with Gasteiger partial charge in [-0.25, -0.2) is 0 Å². The summed E-state index contributed by atoms with van der Waals surface area (Å²) in [4.78, 5) is 23.4. The Morgan fingerprint density at radius 2 is 2.00 bits per heavy atom. The average Bonchev–Trinajstić information content (AvgIpc) is 3.32. The lowest BCUT2D eigenvalue weighted by atomic mass is 10.2. The molecule has 9 heteroatoms. The van der Waals surface area contributed by atoms with E-state index in [9.17, 15) is 9.59 Å². The molecule has 26 heavy (non-hydrogen) atoms. The third kappa shape index (κ3) is 4.90. The van der Waals surface area contributed by atoms with Gasteiger partial charge in [-0.2, -0.15) is 11.3 Å². The largest absolute Gasteiger partial charge is 0.456 e. The highest BCUT2D eigenvalue weighted by Gasteiger charge is 2.12. The summed E-state index contributed by atoms with van der Waals surface area (Å²) < 4.78 is 10.5. The molecule has 0 spiro atoms. The number of carbonyl (C=O) groups excluding carboxylic acids is 2. The van der Waals surface area contributed by atoms with E-state index in [2.05, 4.69) is 15.5 Å². The summed E-state index contributed by atoms with van der Waals surface area (Å²) in [7, 11) is 0. The van der Waals surface area contributed by atoms with Gasteiger partial charge >= 0.3 is 5.97 Å². The monoisotopic (exact) mass is 391 g/mol. The maximum Gasteiger partial charge on any atom is 0.308 e. The Labute approximate surface area is 158 Å². The lowest BCUT2D eigenvalue weighted by Crippen LogP contribution is -2.26. The molecule has 1 amide bonds. The second-order valence-corrected chi connectivity index (χ2v) is 6.40. The first kappa shape index (κ1) is 18.1. The van der Waals surface area contributed by atoms with Crippen LogP contribution in [-0.4, -0.2) is 28.6 Å². The first-order chi connectivity index (χ1) is 12.6. The van der Waals surface area contributed by atoms with Crippen LogP contribution in [0.5, 0.6) is 0 Å². The van der Waals surface area contributed by atoms with E-state index in [-0.39, 0.29) is 31.4 Å². The van der Waals surface area contributed by atoms with Gasteiger partial charge < -0.3 is 14.5 Å². The molecule has 7 nitrogen and oxygen atoms in total. The minimum absolute atomic E-state index is 0.0497. The number of nitrogens with one attached hydrogen (secondary N) is 1. The fourth-order valence-corrected chi connectivity index (χ4v) is 2.77. The van der Waals surface area contributed by atoms with Crippen LogP contribution in [0.25, 0.3) is 11.5 Å². The number of carbonyl (C=O) groups is 2. The summed E-state index contributed by atoms with van der Waals surface area (Å²) in [5.41, 5.74) is 1.29. The molecule has 0 atom stereocenters. The molecule has 0 unspecified atom stereocenters. The molecule has 0 fully saturated rings. The van der Waals surface area contributed by atoms with E-state index in [0.29, 0.717) is 16.5 Å². The zero-order valence-corrected chi connectivity index (χ0v) is 15.0. The van der Waals surface area contributed by atoms with Gasteiger partial charge in [0.05, 0.1) is 6.42 Å². The number of ether oxygens (including phenoxy) is 1. The number of esters is 1. The molecule has 0 saturated carbocycles. The van der Waals surface area contributed by atoms with Crippen molar-refractivity contribution in [1.82, 2.24) is 15.5 Å². The number of rotatable bonds is 7. The minimum atomic E-state index is -0.470. The second-order valence-electron chi connectivity index (χ2n) is 5.19. The van der Waals surface area contributed by atoms with Crippen molar-refractivity contribution in [3.8, 4) is 11.5 Å². The first-order valence-corrected chi connectivity index (χ1v) is 8.98. The van der Waals surface area contributed by atoms with Gasteiger partial charge in [0.15, 0.2) is 6.61 Å². The van der Waals surface area contributed by atoms with Crippen molar-refractivity contribution < 1.29 is 18.7 Å². The number of amides is 1. The Bertz CT molecular complexity index is 878. The summed E-state index contributed by atoms with van der Waals surface area (Å²) in [6.07, 6.45) is 0.0497. The highest BCUT2D eigenvalue weighted by molar-refractivity contribution is 7.08. The number of benzene rings is 1. The summed E-state index contributed by atoms with van der Waals surface area (Å²) in [6.45, 7) is 0.0608. The Kier molecular flexibility index (Phi) is 5.98. The fraction of sp³-hybridized carbons (Fsp3) is 0.176. The molecule has 0 radical (unpaired) electrons. The van der Waals surface area contributed by atoms with Crippen LogP contribution in [0.15, 0.2) is 45.5 Å². The van der Waals surface area contributed by atoms with Crippen molar-refractivity contribution in [1.29, 1.82) is 0 Å². The number of aromatic nitrogens is 2. The summed E-state index contributed by atoms with van der Waals surface area (Å²) in [6, 6.07) is 8.64. The second kappa shape index (κ2) is 8.59. The molecule has 1 N–H and O–H groups in total. The van der Waals surface area contributed by atoms with Crippen molar-refractivity contribution in [3.63, 3.8) is 0 Å². The molecule has 0 aliphatic rings. The van der Waals surface area contributed by atoms with Crippen molar-refractivity contribution in [2.45, 2.75) is 13.0 Å². The smallest absolute Gasteiger partial charge is 0.308 e. The Morgan fingerprint density at radius 1 is 1.19 bits per heavy atom. The molecule has 2 aromatic heterocycles. The van der Waals surface area contributed by atoms with E-state index < -0.39 is 5.97 Å². The number of hydrogen-bond donors (Lipinski definition) is 1. The molecule has 2 heterocycles. The average molecular weight is 392 g/mol. The molecular weight excluding hydrogens is 378 g/mol. The van der Waals surface area contributed by atoms with Gasteiger partial charge in [-0.05, 0) is 35.7 Å². The maximum absolute atomic E-state index is 11.7. The van der Waals surface area contributed by atoms with Gasteiger partial charge in [-0.1, -0.05) is 11.6 Å². The zero-order chi connectivity index (χ0) is 18.4. The molecule has 0 aliphatic heterocycles. The minimum Gasteiger partial charge on any atom is -0.456 e. The van der Waals surface area contributed by atoms with E-state index in [1.165, 1.54) is 11.3 Å². The molecule has 0 bridgehead atoms. The Morgan fingerprint density at radius 3 is 2.73 bits per heavy atom. The van der Waals surface area contributed by atoms with Gasteiger partial charge in [0.2, 0.25) is 5.89 Å². The predicted octanol–water partition coefficient (Wildman–Crippen LogP) is 3.31. The van der Waals surface area contributed by atoms with Crippen LogP contribution in [0.1, 0.15) is 22.7 Å². The quantitative estimate of drug-likeness (QED) is 0.621. The fourth-order valence-electron chi connectivity index (χ4n) is 2.01. The van der Waals surface area contributed by atoms with Gasteiger partial charge in [-0.15, -0.1) is 10.2 Å². The van der Waals surface area contributed by atoms with E-state index in [4.69, 9.17) is 20.8 Å². The van der Waals surface area contributed by atoms with Gasteiger partial charge in [-0.3, -0.25) is 9.59 Å². The van der Waals surface area contributed by atoms with Crippen molar-refractivity contribution >= 4 is 34.8 Å².